The smallest absolute Gasteiger partial charge is 0.319 e. The van der Waals surface area contributed by atoms with Gasteiger partial charge in [-0.05, 0) is 6.92 Å². The summed E-state index contributed by atoms with van der Waals surface area (Å²) < 4.78 is 4.47. The molecule has 4 nitrogen and oxygen atoms in total. The molecule has 0 fully saturated rings. The van der Waals surface area contributed by atoms with E-state index in [2.05, 4.69) is 15.0 Å². The number of aromatic nitrogens is 1. The Bertz CT molecular complexity index is 285. The predicted molar refractivity (Wildman–Crippen MR) is 50.6 cm³/mol. The van der Waals surface area contributed by atoms with Gasteiger partial charge >= 0.3 is 5.97 Å². The van der Waals surface area contributed by atoms with Gasteiger partial charge in [-0.25, -0.2) is 4.98 Å². The van der Waals surface area contributed by atoms with Crippen molar-refractivity contribution in [3.63, 3.8) is 0 Å². The topological polar surface area (TPSA) is 51.2 Å². The van der Waals surface area contributed by atoms with E-state index in [0.29, 0.717) is 6.54 Å². The molecule has 72 valence electrons. The lowest BCUT2D eigenvalue weighted by molar-refractivity contribution is -0.139. The van der Waals surface area contributed by atoms with E-state index >= 15 is 0 Å². The second kappa shape index (κ2) is 4.94. The van der Waals surface area contributed by atoms with Crippen molar-refractivity contribution >= 4 is 17.3 Å². The van der Waals surface area contributed by atoms with Crippen LogP contribution in [-0.2, 0) is 16.1 Å². The maximum atomic E-state index is 10.7. The van der Waals surface area contributed by atoms with Crippen molar-refractivity contribution in [3.8, 4) is 0 Å². The molecule has 0 spiro atoms. The number of hydrogen-bond acceptors (Lipinski definition) is 5. The molecule has 1 N–H and O–H groups in total. The van der Waals surface area contributed by atoms with Crippen LogP contribution >= 0.6 is 11.3 Å². The average Bonchev–Trinajstić information content (AvgIpc) is 2.51. The molecule has 0 aromatic carbocycles. The Kier molecular flexibility index (Phi) is 3.85. The van der Waals surface area contributed by atoms with Crippen molar-refractivity contribution in [2.45, 2.75) is 13.5 Å². The van der Waals surface area contributed by atoms with Crippen LogP contribution in [0.15, 0.2) is 5.38 Å². The Morgan fingerprint density at radius 1 is 1.77 bits per heavy atom. The first kappa shape index (κ1) is 10.1. The summed E-state index contributed by atoms with van der Waals surface area (Å²) in [5.41, 5.74) is 1.01. The van der Waals surface area contributed by atoms with E-state index in [1.807, 2.05) is 12.3 Å². The van der Waals surface area contributed by atoms with E-state index in [-0.39, 0.29) is 12.5 Å². The molecule has 0 amide bonds. The van der Waals surface area contributed by atoms with Gasteiger partial charge in [0.1, 0.15) is 5.01 Å². The van der Waals surface area contributed by atoms with Gasteiger partial charge in [0.05, 0.1) is 13.7 Å². The molecule has 0 aliphatic heterocycles. The molecule has 0 unspecified atom stereocenters. The number of nitrogens with zero attached hydrogens (tertiary/aromatic N) is 1. The number of methoxy groups -OCH3 is 1. The third-order valence-electron chi connectivity index (χ3n) is 1.44. The van der Waals surface area contributed by atoms with Crippen LogP contribution in [0.25, 0.3) is 0 Å². The molecule has 0 radical (unpaired) electrons. The summed E-state index contributed by atoms with van der Waals surface area (Å²) >= 11 is 1.58. The highest BCUT2D eigenvalue weighted by atomic mass is 32.1. The number of carbonyl (C=O) groups excluding carboxylic acids is 1. The quantitative estimate of drug-likeness (QED) is 0.727. The molecule has 0 bridgehead atoms. The van der Waals surface area contributed by atoms with Crippen LogP contribution in [-0.4, -0.2) is 24.6 Å². The minimum absolute atomic E-state index is 0.231. The van der Waals surface area contributed by atoms with Gasteiger partial charge in [-0.15, -0.1) is 11.3 Å². The Morgan fingerprint density at radius 2 is 2.54 bits per heavy atom. The molecule has 0 saturated carbocycles. The average molecular weight is 200 g/mol. The first-order valence-electron chi connectivity index (χ1n) is 3.91. The van der Waals surface area contributed by atoms with E-state index < -0.39 is 0 Å². The van der Waals surface area contributed by atoms with E-state index in [9.17, 15) is 4.79 Å². The zero-order chi connectivity index (χ0) is 9.68. The van der Waals surface area contributed by atoms with Gasteiger partial charge in [0.2, 0.25) is 0 Å². The third-order valence-corrected chi connectivity index (χ3v) is 2.41. The number of nitrogens with one attached hydrogen (secondary N) is 1. The highest BCUT2D eigenvalue weighted by Crippen LogP contribution is 2.07. The van der Waals surface area contributed by atoms with Crippen molar-refractivity contribution in [3.05, 3.63) is 16.1 Å². The van der Waals surface area contributed by atoms with Crippen molar-refractivity contribution in [1.29, 1.82) is 0 Å². The zero-order valence-electron chi connectivity index (χ0n) is 7.66. The highest BCUT2D eigenvalue weighted by molar-refractivity contribution is 7.09. The summed E-state index contributed by atoms with van der Waals surface area (Å²) in [5, 5.41) is 5.91. The summed E-state index contributed by atoms with van der Waals surface area (Å²) in [6, 6.07) is 0. The molecule has 1 heterocycles. The van der Waals surface area contributed by atoms with Gasteiger partial charge in [0.15, 0.2) is 0 Å². The predicted octanol–water partition coefficient (Wildman–Crippen LogP) is 0.714. The molecule has 1 aromatic rings. The van der Waals surface area contributed by atoms with Crippen molar-refractivity contribution < 1.29 is 9.53 Å². The summed E-state index contributed by atoms with van der Waals surface area (Å²) in [4.78, 5) is 14.9. The first-order valence-corrected chi connectivity index (χ1v) is 4.79. The molecule has 1 aromatic heterocycles. The van der Waals surface area contributed by atoms with Crippen LogP contribution in [0, 0.1) is 6.92 Å². The van der Waals surface area contributed by atoms with Crippen LogP contribution < -0.4 is 5.32 Å². The van der Waals surface area contributed by atoms with Crippen molar-refractivity contribution in [1.82, 2.24) is 10.3 Å². The number of aryl methyl sites for hydroxylation is 1. The summed E-state index contributed by atoms with van der Waals surface area (Å²) in [5.74, 6) is -0.256. The summed E-state index contributed by atoms with van der Waals surface area (Å²) in [6.45, 7) is 2.79. The lowest BCUT2D eigenvalue weighted by atomic mass is 10.5. The minimum atomic E-state index is -0.256. The van der Waals surface area contributed by atoms with Crippen molar-refractivity contribution in [2.24, 2.45) is 0 Å². The molecular formula is C8H12N2O2S. The molecule has 0 saturated heterocycles. The normalized spacial score (nSPS) is 10.0. The second-order valence-electron chi connectivity index (χ2n) is 2.56. The number of rotatable bonds is 4. The van der Waals surface area contributed by atoms with Gasteiger partial charge < -0.3 is 10.1 Å². The number of carbonyl (C=O) groups is 1. The monoisotopic (exact) mass is 200 g/mol. The Hall–Kier alpha value is -0.940. The molecule has 5 heteroatoms. The fourth-order valence-corrected chi connectivity index (χ4v) is 1.57. The van der Waals surface area contributed by atoms with Crippen LogP contribution in [0.5, 0.6) is 0 Å². The Labute approximate surface area is 80.9 Å². The van der Waals surface area contributed by atoms with Crippen LogP contribution in [0.1, 0.15) is 10.7 Å². The van der Waals surface area contributed by atoms with Gasteiger partial charge in [-0.3, -0.25) is 4.79 Å². The van der Waals surface area contributed by atoms with E-state index in [1.54, 1.807) is 11.3 Å². The standard InChI is InChI=1S/C8H12N2O2S/c1-6-5-13-7(10-6)3-9-4-8(11)12-2/h5,9H,3-4H2,1-2H3. The SMILES string of the molecule is COC(=O)CNCc1nc(C)cs1. The lowest BCUT2D eigenvalue weighted by Crippen LogP contribution is -2.23. The fraction of sp³-hybridized carbons (Fsp3) is 0.500. The van der Waals surface area contributed by atoms with E-state index in [4.69, 9.17) is 0 Å². The number of hydrogen-bond donors (Lipinski definition) is 1. The van der Waals surface area contributed by atoms with Gasteiger partial charge in [0, 0.05) is 17.6 Å². The lowest BCUT2D eigenvalue weighted by Gasteiger charge is -1.99. The van der Waals surface area contributed by atoms with Crippen LogP contribution in [0.4, 0.5) is 0 Å². The maximum absolute atomic E-state index is 10.7. The molecule has 13 heavy (non-hydrogen) atoms. The number of thiazole rings is 1. The summed E-state index contributed by atoms with van der Waals surface area (Å²) in [6.07, 6.45) is 0. The van der Waals surface area contributed by atoms with Crippen molar-refractivity contribution in [2.75, 3.05) is 13.7 Å². The third kappa shape index (κ3) is 3.52. The highest BCUT2D eigenvalue weighted by Gasteiger charge is 2.01. The summed E-state index contributed by atoms with van der Waals surface area (Å²) in [7, 11) is 1.37. The molecular weight excluding hydrogens is 188 g/mol. The van der Waals surface area contributed by atoms with E-state index in [1.165, 1.54) is 7.11 Å². The van der Waals surface area contributed by atoms with Gasteiger partial charge in [-0.2, -0.15) is 0 Å². The van der Waals surface area contributed by atoms with E-state index in [0.717, 1.165) is 10.7 Å². The molecule has 0 aliphatic carbocycles. The largest absolute Gasteiger partial charge is 0.468 e. The van der Waals surface area contributed by atoms with Crippen LogP contribution in [0.3, 0.4) is 0 Å². The van der Waals surface area contributed by atoms with Gasteiger partial charge in [-0.1, -0.05) is 0 Å². The Morgan fingerprint density at radius 3 is 3.08 bits per heavy atom. The molecule has 1 rings (SSSR count). The fourth-order valence-electron chi connectivity index (χ4n) is 0.828. The second-order valence-corrected chi connectivity index (χ2v) is 3.50. The molecule has 0 aliphatic rings. The number of ether oxygens (including phenoxy) is 1. The minimum Gasteiger partial charge on any atom is -0.468 e. The molecule has 0 atom stereocenters. The maximum Gasteiger partial charge on any atom is 0.319 e. The van der Waals surface area contributed by atoms with Gasteiger partial charge in [0.25, 0.3) is 0 Å². The number of esters is 1. The van der Waals surface area contributed by atoms with Crippen LogP contribution in [0.2, 0.25) is 0 Å². The Balaban J connectivity index is 2.24. The first-order chi connectivity index (χ1) is 6.22. The zero-order valence-corrected chi connectivity index (χ0v) is 8.48.